The summed E-state index contributed by atoms with van der Waals surface area (Å²) >= 11 is 5.21. The Morgan fingerprint density at radius 2 is 1.59 bits per heavy atom. The maximum absolute atomic E-state index is 5.21. The molecule has 0 amide bonds. The van der Waals surface area contributed by atoms with Crippen molar-refractivity contribution in [2.24, 2.45) is 46.3 Å². The smallest absolute Gasteiger partial charge is 0.00503 e. The molecule has 0 aromatic heterocycles. The van der Waals surface area contributed by atoms with Gasteiger partial charge in [-0.2, -0.15) is 12.6 Å². The van der Waals surface area contributed by atoms with Crippen molar-refractivity contribution in [1.82, 2.24) is 0 Å². The van der Waals surface area contributed by atoms with E-state index in [2.05, 4.69) is 27.7 Å². The van der Waals surface area contributed by atoms with E-state index < -0.39 is 0 Å². The highest BCUT2D eigenvalue weighted by atomic mass is 32.1. The highest BCUT2D eigenvalue weighted by Crippen LogP contribution is 2.68. The maximum Gasteiger partial charge on any atom is 0.00503 e. The molecule has 0 aromatic carbocycles. The van der Waals surface area contributed by atoms with Crippen LogP contribution < -0.4 is 0 Å². The Morgan fingerprint density at radius 1 is 0.815 bits per heavy atom. The minimum absolute atomic E-state index is 0.600. The van der Waals surface area contributed by atoms with Gasteiger partial charge in [-0.3, -0.25) is 0 Å². The lowest BCUT2D eigenvalue weighted by atomic mass is 9.45. The van der Waals surface area contributed by atoms with E-state index in [1.165, 1.54) is 64.2 Å². The molecule has 8 unspecified atom stereocenters. The van der Waals surface area contributed by atoms with Crippen LogP contribution in [0.2, 0.25) is 0 Å². The summed E-state index contributed by atoms with van der Waals surface area (Å²) in [4.78, 5) is 0. The van der Waals surface area contributed by atoms with Gasteiger partial charge in [0.15, 0.2) is 0 Å². The number of hydrogen-bond acceptors (Lipinski definition) is 1. The highest BCUT2D eigenvalue weighted by molar-refractivity contribution is 7.81. The Balaban J connectivity index is 1.46. The molecule has 8 atom stereocenters. The Morgan fingerprint density at radius 3 is 2.37 bits per heavy atom. The molecule has 4 fully saturated rings. The average Bonchev–Trinajstić information content (AvgIpc) is 2.98. The van der Waals surface area contributed by atoms with Gasteiger partial charge in [-0.15, -0.1) is 0 Å². The lowest BCUT2D eigenvalue weighted by Gasteiger charge is -2.60. The van der Waals surface area contributed by atoms with E-state index in [0.29, 0.717) is 16.1 Å². The summed E-state index contributed by atoms with van der Waals surface area (Å²) < 4.78 is 0. The first kappa shape index (κ1) is 20.6. The van der Waals surface area contributed by atoms with E-state index in [1.54, 1.807) is 19.3 Å². The van der Waals surface area contributed by atoms with E-state index >= 15 is 0 Å². The molecule has 0 nitrogen and oxygen atoms in total. The van der Waals surface area contributed by atoms with Crippen LogP contribution in [0.5, 0.6) is 0 Å². The summed E-state index contributed by atoms with van der Waals surface area (Å²) in [5.74, 6) is 5.90. The first-order valence-corrected chi connectivity index (χ1v) is 13.1. The molecule has 0 saturated heterocycles. The minimum atomic E-state index is 0.600. The standard InChI is InChI=1S/C26H46S/c1-18(2)8-7-10-24(27)23-14-13-21-20-12-11-19-9-5-6-16-25(19,3)22(20)15-17-26(21,23)4/h18-24,27H,5-17H2,1-4H3. The van der Waals surface area contributed by atoms with Gasteiger partial charge in [0.1, 0.15) is 0 Å². The van der Waals surface area contributed by atoms with Gasteiger partial charge in [0.25, 0.3) is 0 Å². The van der Waals surface area contributed by atoms with Crippen molar-refractivity contribution in [2.45, 2.75) is 116 Å². The van der Waals surface area contributed by atoms with Crippen LogP contribution in [0.4, 0.5) is 0 Å². The van der Waals surface area contributed by atoms with Crippen molar-refractivity contribution in [3.63, 3.8) is 0 Å². The Kier molecular flexibility index (Phi) is 6.02. The molecule has 4 saturated carbocycles. The molecule has 0 aromatic rings. The first-order valence-electron chi connectivity index (χ1n) is 12.5. The molecule has 0 bridgehead atoms. The van der Waals surface area contributed by atoms with Crippen molar-refractivity contribution in [3.8, 4) is 0 Å². The largest absolute Gasteiger partial charge is 0.176 e. The fraction of sp³-hybridized carbons (Fsp3) is 1.00. The zero-order chi connectivity index (χ0) is 19.2. The van der Waals surface area contributed by atoms with Crippen LogP contribution in [0.1, 0.15) is 111 Å². The summed E-state index contributed by atoms with van der Waals surface area (Å²) in [5, 5.41) is 0.650. The van der Waals surface area contributed by atoms with Crippen molar-refractivity contribution < 1.29 is 0 Å². The van der Waals surface area contributed by atoms with Crippen molar-refractivity contribution in [2.75, 3.05) is 0 Å². The second-order valence-corrected chi connectivity index (χ2v) is 12.7. The molecule has 1 heteroatoms. The molecule has 156 valence electrons. The molecule has 4 aliphatic carbocycles. The summed E-state index contributed by atoms with van der Waals surface area (Å²) in [6.07, 6.45) is 19.4. The van der Waals surface area contributed by atoms with E-state index in [1.807, 2.05) is 0 Å². The van der Waals surface area contributed by atoms with Gasteiger partial charge in [0.05, 0.1) is 0 Å². The normalized spacial score (nSPS) is 48.0. The van der Waals surface area contributed by atoms with Crippen LogP contribution in [-0.4, -0.2) is 5.25 Å². The van der Waals surface area contributed by atoms with E-state index in [-0.39, 0.29) is 0 Å². The van der Waals surface area contributed by atoms with Gasteiger partial charge in [0.2, 0.25) is 0 Å². The topological polar surface area (TPSA) is 0 Å². The van der Waals surface area contributed by atoms with Crippen molar-refractivity contribution in [3.05, 3.63) is 0 Å². The van der Waals surface area contributed by atoms with Crippen LogP contribution in [0, 0.1) is 46.3 Å². The van der Waals surface area contributed by atoms with E-state index in [9.17, 15) is 0 Å². The minimum Gasteiger partial charge on any atom is -0.176 e. The zero-order valence-corrected chi connectivity index (χ0v) is 19.6. The Bertz CT molecular complexity index is 512. The van der Waals surface area contributed by atoms with E-state index in [4.69, 9.17) is 12.6 Å². The van der Waals surface area contributed by atoms with Crippen LogP contribution >= 0.6 is 12.6 Å². The quantitative estimate of drug-likeness (QED) is 0.450. The predicted octanol–water partition coefficient (Wildman–Crippen LogP) is 8.16. The monoisotopic (exact) mass is 390 g/mol. The Labute approximate surface area is 175 Å². The van der Waals surface area contributed by atoms with Gasteiger partial charge in [-0.1, -0.05) is 53.4 Å². The lowest BCUT2D eigenvalue weighted by molar-refractivity contribution is -0.110. The fourth-order valence-electron chi connectivity index (χ4n) is 8.90. The summed E-state index contributed by atoms with van der Waals surface area (Å²) in [5.41, 5.74) is 1.29. The van der Waals surface area contributed by atoms with Gasteiger partial charge < -0.3 is 0 Å². The van der Waals surface area contributed by atoms with Gasteiger partial charge >= 0.3 is 0 Å². The second kappa shape index (κ2) is 7.88. The van der Waals surface area contributed by atoms with E-state index in [0.717, 1.165) is 35.5 Å². The summed E-state index contributed by atoms with van der Waals surface area (Å²) in [6.45, 7) is 10.1. The third-order valence-corrected chi connectivity index (χ3v) is 11.0. The zero-order valence-electron chi connectivity index (χ0n) is 18.7. The lowest BCUT2D eigenvalue weighted by Crippen LogP contribution is -2.53. The molecule has 4 aliphatic rings. The molecule has 4 rings (SSSR count). The summed E-state index contributed by atoms with van der Waals surface area (Å²) in [7, 11) is 0. The van der Waals surface area contributed by atoms with Crippen LogP contribution in [0.15, 0.2) is 0 Å². The van der Waals surface area contributed by atoms with Gasteiger partial charge in [-0.05, 0) is 104 Å². The predicted molar refractivity (Wildman–Crippen MR) is 121 cm³/mol. The second-order valence-electron chi connectivity index (χ2n) is 12.0. The van der Waals surface area contributed by atoms with Crippen LogP contribution in [0.25, 0.3) is 0 Å². The SMILES string of the molecule is CC(C)CCCC(S)C1CCC2C3CCC4CCCCC4(C)C3CCC12C. The molecular formula is C26H46S. The molecule has 0 N–H and O–H groups in total. The number of fused-ring (bicyclic) bond motifs is 5. The van der Waals surface area contributed by atoms with Gasteiger partial charge in [0, 0.05) is 5.25 Å². The molecular weight excluding hydrogens is 344 g/mol. The Hall–Kier alpha value is 0.350. The molecule has 0 heterocycles. The van der Waals surface area contributed by atoms with Crippen molar-refractivity contribution in [1.29, 1.82) is 0 Å². The molecule has 0 radical (unpaired) electrons. The third-order valence-electron chi connectivity index (χ3n) is 10.4. The number of hydrogen-bond donors (Lipinski definition) is 1. The number of rotatable bonds is 5. The van der Waals surface area contributed by atoms with Crippen LogP contribution in [-0.2, 0) is 0 Å². The fourth-order valence-corrected chi connectivity index (χ4v) is 9.58. The highest BCUT2D eigenvalue weighted by Gasteiger charge is 2.60. The average molecular weight is 391 g/mol. The third kappa shape index (κ3) is 3.55. The maximum atomic E-state index is 5.21. The van der Waals surface area contributed by atoms with Gasteiger partial charge in [-0.25, -0.2) is 0 Å². The molecule has 0 spiro atoms. The number of thiol groups is 1. The molecule has 27 heavy (non-hydrogen) atoms. The van der Waals surface area contributed by atoms with Crippen LogP contribution in [0.3, 0.4) is 0 Å². The first-order chi connectivity index (χ1) is 12.9. The molecule has 0 aliphatic heterocycles. The van der Waals surface area contributed by atoms with Crippen molar-refractivity contribution >= 4 is 12.6 Å². The summed E-state index contributed by atoms with van der Waals surface area (Å²) in [6, 6.07) is 0.